The maximum Gasteiger partial charge on any atom is 0.225 e. The number of rotatable bonds is 5. The van der Waals surface area contributed by atoms with Crippen molar-refractivity contribution in [3.63, 3.8) is 0 Å². The SMILES string of the molecule is CN(C)C(CNC(=O)C1CCCCC1(C)N)c1cccc(F)c1.Cl.Cl. The standard InChI is InChI=1S/C18H28FN3O.2ClH/c1-18(20)10-5-4-9-15(18)17(23)21-12-16(22(2)3)13-7-6-8-14(19)11-13;;/h6-8,11,15-16H,4-5,9-10,12,20H2,1-3H3,(H,21,23);2*1H. The number of nitrogens with zero attached hydrogens (tertiary/aromatic N) is 1. The van der Waals surface area contributed by atoms with Crippen LogP contribution in [0.4, 0.5) is 4.39 Å². The lowest BCUT2D eigenvalue weighted by atomic mass is 9.74. The lowest BCUT2D eigenvalue weighted by molar-refractivity contribution is -0.128. The van der Waals surface area contributed by atoms with Gasteiger partial charge >= 0.3 is 0 Å². The van der Waals surface area contributed by atoms with Crippen molar-refractivity contribution in [2.45, 2.75) is 44.2 Å². The molecule has 1 saturated carbocycles. The van der Waals surface area contributed by atoms with Crippen LogP contribution in [-0.2, 0) is 4.79 Å². The average Bonchev–Trinajstić information content (AvgIpc) is 2.46. The fraction of sp³-hybridized carbons (Fsp3) is 0.611. The van der Waals surface area contributed by atoms with E-state index < -0.39 is 5.54 Å². The lowest BCUT2D eigenvalue weighted by Crippen LogP contribution is -2.53. The van der Waals surface area contributed by atoms with E-state index in [0.717, 1.165) is 31.2 Å². The van der Waals surface area contributed by atoms with Crippen LogP contribution in [0.5, 0.6) is 0 Å². The van der Waals surface area contributed by atoms with Crippen molar-refractivity contribution in [1.29, 1.82) is 0 Å². The molecule has 0 heterocycles. The summed E-state index contributed by atoms with van der Waals surface area (Å²) in [4.78, 5) is 14.5. The molecule has 1 aromatic carbocycles. The molecule has 3 atom stereocenters. The van der Waals surface area contributed by atoms with Gasteiger partial charge in [-0.1, -0.05) is 25.0 Å². The van der Waals surface area contributed by atoms with E-state index in [-0.39, 0.29) is 48.5 Å². The molecule has 0 aromatic heterocycles. The van der Waals surface area contributed by atoms with E-state index in [9.17, 15) is 9.18 Å². The van der Waals surface area contributed by atoms with E-state index in [4.69, 9.17) is 5.73 Å². The second-order valence-corrected chi connectivity index (χ2v) is 7.08. The molecule has 3 unspecified atom stereocenters. The van der Waals surface area contributed by atoms with Crippen LogP contribution in [-0.4, -0.2) is 37.0 Å². The summed E-state index contributed by atoms with van der Waals surface area (Å²) in [6, 6.07) is 6.46. The first-order valence-electron chi connectivity index (χ1n) is 8.30. The Hall–Kier alpha value is -0.880. The normalized spacial score (nSPS) is 24.0. The zero-order valence-corrected chi connectivity index (χ0v) is 16.8. The molecular formula is C18H30Cl2FN3O. The Balaban J connectivity index is 0.00000288. The van der Waals surface area contributed by atoms with Crippen molar-refractivity contribution < 1.29 is 9.18 Å². The molecule has 1 aliphatic rings. The first kappa shape index (κ1) is 24.1. The number of amides is 1. The van der Waals surface area contributed by atoms with Crippen LogP contribution in [0, 0.1) is 11.7 Å². The molecule has 7 heteroatoms. The molecule has 144 valence electrons. The molecule has 0 aliphatic heterocycles. The molecular weight excluding hydrogens is 364 g/mol. The predicted molar refractivity (Wildman–Crippen MR) is 105 cm³/mol. The van der Waals surface area contributed by atoms with E-state index in [1.807, 2.05) is 32.0 Å². The van der Waals surface area contributed by atoms with Crippen LogP contribution in [0.1, 0.15) is 44.2 Å². The average molecular weight is 394 g/mol. The number of hydrogen-bond donors (Lipinski definition) is 2. The highest BCUT2D eigenvalue weighted by atomic mass is 35.5. The third kappa shape index (κ3) is 6.41. The number of nitrogens with one attached hydrogen (secondary N) is 1. The van der Waals surface area contributed by atoms with Crippen molar-refractivity contribution in [2.75, 3.05) is 20.6 Å². The molecule has 0 radical (unpaired) electrons. The molecule has 0 spiro atoms. The van der Waals surface area contributed by atoms with Crippen LogP contribution in [0.15, 0.2) is 24.3 Å². The van der Waals surface area contributed by atoms with Gasteiger partial charge in [0.15, 0.2) is 0 Å². The summed E-state index contributed by atoms with van der Waals surface area (Å²) in [6.07, 6.45) is 3.85. The number of hydrogen-bond acceptors (Lipinski definition) is 3. The quantitative estimate of drug-likeness (QED) is 0.806. The summed E-state index contributed by atoms with van der Waals surface area (Å²) in [7, 11) is 3.85. The summed E-state index contributed by atoms with van der Waals surface area (Å²) in [5.41, 5.74) is 6.72. The highest BCUT2D eigenvalue weighted by molar-refractivity contribution is 5.85. The zero-order chi connectivity index (χ0) is 17.0. The van der Waals surface area contributed by atoms with Gasteiger partial charge in [0.25, 0.3) is 0 Å². The number of benzene rings is 1. The topological polar surface area (TPSA) is 58.4 Å². The molecule has 3 N–H and O–H groups in total. The number of carbonyl (C=O) groups is 1. The van der Waals surface area contributed by atoms with Gasteiger partial charge in [-0.2, -0.15) is 0 Å². The van der Waals surface area contributed by atoms with Gasteiger partial charge in [0, 0.05) is 12.1 Å². The summed E-state index contributed by atoms with van der Waals surface area (Å²) < 4.78 is 13.5. The Morgan fingerprint density at radius 1 is 1.40 bits per heavy atom. The van der Waals surface area contributed by atoms with Crippen LogP contribution in [0.25, 0.3) is 0 Å². The van der Waals surface area contributed by atoms with E-state index in [2.05, 4.69) is 5.32 Å². The zero-order valence-electron chi connectivity index (χ0n) is 15.1. The van der Waals surface area contributed by atoms with Crippen molar-refractivity contribution in [3.05, 3.63) is 35.6 Å². The minimum atomic E-state index is -0.436. The highest BCUT2D eigenvalue weighted by Crippen LogP contribution is 2.31. The van der Waals surface area contributed by atoms with Gasteiger partial charge in [0.05, 0.1) is 12.0 Å². The fourth-order valence-corrected chi connectivity index (χ4v) is 3.42. The van der Waals surface area contributed by atoms with Gasteiger partial charge < -0.3 is 16.0 Å². The van der Waals surface area contributed by atoms with Crippen LogP contribution in [0.2, 0.25) is 0 Å². The van der Waals surface area contributed by atoms with E-state index in [1.165, 1.54) is 12.1 Å². The Morgan fingerprint density at radius 3 is 2.64 bits per heavy atom. The monoisotopic (exact) mass is 393 g/mol. The van der Waals surface area contributed by atoms with Crippen molar-refractivity contribution in [1.82, 2.24) is 10.2 Å². The first-order valence-corrected chi connectivity index (χ1v) is 8.30. The van der Waals surface area contributed by atoms with Crippen molar-refractivity contribution in [3.8, 4) is 0 Å². The van der Waals surface area contributed by atoms with Gasteiger partial charge in [-0.25, -0.2) is 4.39 Å². The fourth-order valence-electron chi connectivity index (χ4n) is 3.42. The lowest BCUT2D eigenvalue weighted by Gasteiger charge is -2.37. The predicted octanol–water partition coefficient (Wildman–Crippen LogP) is 3.30. The molecule has 0 bridgehead atoms. The number of halogens is 3. The van der Waals surface area contributed by atoms with Crippen molar-refractivity contribution >= 4 is 30.7 Å². The minimum Gasteiger partial charge on any atom is -0.354 e. The summed E-state index contributed by atoms with van der Waals surface area (Å²) in [5.74, 6) is -0.396. The third-order valence-corrected chi connectivity index (χ3v) is 4.90. The maximum atomic E-state index is 13.5. The number of likely N-dealkylation sites (N-methyl/N-ethyl adjacent to an activating group) is 1. The second-order valence-electron chi connectivity index (χ2n) is 7.08. The first-order chi connectivity index (χ1) is 10.8. The van der Waals surface area contributed by atoms with Gasteiger partial charge in [-0.05, 0) is 51.6 Å². The third-order valence-electron chi connectivity index (χ3n) is 4.90. The Labute approximate surface area is 162 Å². The van der Waals surface area contributed by atoms with Crippen molar-refractivity contribution in [2.24, 2.45) is 11.7 Å². The molecule has 0 saturated heterocycles. The molecule has 4 nitrogen and oxygen atoms in total. The molecule has 1 fully saturated rings. The Kier molecular flexibility index (Phi) is 9.95. The van der Waals surface area contributed by atoms with Gasteiger partial charge in [-0.15, -0.1) is 24.8 Å². The maximum absolute atomic E-state index is 13.5. The van der Waals surface area contributed by atoms with Crippen LogP contribution in [0.3, 0.4) is 0 Å². The van der Waals surface area contributed by atoms with Gasteiger partial charge in [0.1, 0.15) is 5.82 Å². The largest absolute Gasteiger partial charge is 0.354 e. The summed E-state index contributed by atoms with van der Waals surface area (Å²) in [6.45, 7) is 2.41. The van der Waals surface area contributed by atoms with E-state index in [1.54, 1.807) is 6.07 Å². The minimum absolute atomic E-state index is 0. The molecule has 1 aliphatic carbocycles. The molecule has 1 amide bonds. The molecule has 1 aromatic rings. The second kappa shape index (κ2) is 10.3. The smallest absolute Gasteiger partial charge is 0.225 e. The summed E-state index contributed by atoms with van der Waals surface area (Å²) in [5, 5.41) is 3.02. The van der Waals surface area contributed by atoms with E-state index >= 15 is 0 Å². The summed E-state index contributed by atoms with van der Waals surface area (Å²) >= 11 is 0. The van der Waals surface area contributed by atoms with E-state index in [0.29, 0.717) is 6.54 Å². The Morgan fingerprint density at radius 2 is 2.08 bits per heavy atom. The molecule has 2 rings (SSSR count). The number of nitrogens with two attached hydrogens (primary N) is 1. The van der Waals surface area contributed by atoms with Crippen LogP contribution >= 0.6 is 24.8 Å². The van der Waals surface area contributed by atoms with Crippen LogP contribution < -0.4 is 11.1 Å². The van der Waals surface area contributed by atoms with Gasteiger partial charge in [0.2, 0.25) is 5.91 Å². The van der Waals surface area contributed by atoms with Gasteiger partial charge in [-0.3, -0.25) is 4.79 Å². The number of carbonyl (C=O) groups excluding carboxylic acids is 1. The highest BCUT2D eigenvalue weighted by Gasteiger charge is 2.37. The molecule has 25 heavy (non-hydrogen) atoms. The Bertz CT molecular complexity index is 555.